The Hall–Kier alpha value is -3.12. The fraction of sp³-hybridized carbons (Fsp3) is 0.486. The van der Waals surface area contributed by atoms with Crippen LogP contribution in [0.5, 0.6) is 11.5 Å². The van der Waals surface area contributed by atoms with E-state index in [1.54, 1.807) is 53.7 Å². The van der Waals surface area contributed by atoms with Crippen LogP contribution < -0.4 is 9.47 Å². The van der Waals surface area contributed by atoms with E-state index in [0.29, 0.717) is 32.7 Å². The first-order valence-corrected chi connectivity index (χ1v) is 15.9. The predicted molar refractivity (Wildman–Crippen MR) is 180 cm³/mol. The maximum atomic E-state index is 11.4. The summed E-state index contributed by atoms with van der Waals surface area (Å²) in [6.07, 6.45) is -2.56. The number of esters is 2. The molecule has 260 valence electrons. The number of carbonyl (C=O) groups is 2. The quantitative estimate of drug-likeness (QED) is 0.0590. The minimum Gasteiger partial charge on any atom is -0.464 e. The van der Waals surface area contributed by atoms with Crippen molar-refractivity contribution >= 4 is 35.1 Å². The largest absolute Gasteiger partial charge is 0.464 e. The molecule has 0 aliphatic carbocycles. The van der Waals surface area contributed by atoms with Gasteiger partial charge in [-0.2, -0.15) is 0 Å². The highest BCUT2D eigenvalue weighted by Crippen LogP contribution is 2.39. The average molecular weight is 698 g/mol. The minimum atomic E-state index is -0.669. The highest BCUT2D eigenvalue weighted by atomic mass is 35.5. The van der Waals surface area contributed by atoms with E-state index < -0.39 is 42.5 Å². The van der Waals surface area contributed by atoms with Crippen molar-refractivity contribution in [2.75, 3.05) is 26.4 Å². The van der Waals surface area contributed by atoms with Gasteiger partial charge in [-0.05, 0) is 76.9 Å². The Morgan fingerprint density at radius 3 is 1.34 bits per heavy atom. The third kappa shape index (κ3) is 13.5. The Balaban J connectivity index is 1.92. The smallest absolute Gasteiger partial charge is 0.333 e. The summed E-state index contributed by atoms with van der Waals surface area (Å²) in [4.78, 5) is 22.9. The maximum Gasteiger partial charge on any atom is 0.333 e. The summed E-state index contributed by atoms with van der Waals surface area (Å²) in [5.74, 6) is -0.0474. The lowest BCUT2D eigenvalue weighted by Crippen LogP contribution is -2.26. The van der Waals surface area contributed by atoms with Crippen LogP contribution in [-0.2, 0) is 43.4 Å². The monoisotopic (exact) mass is 696 g/mol. The van der Waals surface area contributed by atoms with Gasteiger partial charge in [0, 0.05) is 16.6 Å². The molecule has 2 aromatic carbocycles. The highest BCUT2D eigenvalue weighted by Gasteiger charge is 2.26. The molecule has 0 radical (unpaired) electrons. The summed E-state index contributed by atoms with van der Waals surface area (Å²) in [5, 5.41) is 0.822. The molecule has 0 spiro atoms. The van der Waals surface area contributed by atoms with Crippen LogP contribution in [0.3, 0.4) is 0 Å². The molecule has 2 rings (SSSR count). The second-order valence-corrected chi connectivity index (χ2v) is 12.1. The van der Waals surface area contributed by atoms with Gasteiger partial charge in [-0.25, -0.2) is 9.59 Å². The van der Waals surface area contributed by atoms with Crippen molar-refractivity contribution in [3.63, 3.8) is 0 Å². The molecular weight excluding hydrogens is 651 g/mol. The molecule has 0 saturated carbocycles. The molecule has 0 N–H and O–H groups in total. The summed E-state index contributed by atoms with van der Waals surface area (Å²) in [6, 6.07) is 11.1. The zero-order chi connectivity index (χ0) is 35.3. The van der Waals surface area contributed by atoms with Crippen molar-refractivity contribution in [1.82, 2.24) is 0 Å². The third-order valence-corrected chi connectivity index (χ3v) is 7.29. The number of hydrogen-bond donors (Lipinski definition) is 0. The second kappa shape index (κ2) is 19.0. The Kier molecular flexibility index (Phi) is 16.2. The topological polar surface area (TPSA) is 108 Å². The molecule has 2 aromatic rings. The minimum absolute atomic E-state index is 0.0833. The zero-order valence-electron chi connectivity index (χ0n) is 28.4. The molecule has 0 aliphatic rings. The lowest BCUT2D eigenvalue weighted by molar-refractivity contribution is -0.208. The predicted octanol–water partition coefficient (Wildman–Crippen LogP) is 7.77. The average Bonchev–Trinajstić information content (AvgIpc) is 2.98. The molecule has 0 saturated heterocycles. The van der Waals surface area contributed by atoms with E-state index in [1.165, 1.54) is 0 Å². The van der Waals surface area contributed by atoms with Crippen LogP contribution in [0.25, 0.3) is 0 Å². The first-order valence-electron chi connectivity index (χ1n) is 15.1. The molecule has 0 bridgehead atoms. The Bertz CT molecular complexity index is 1270. The van der Waals surface area contributed by atoms with Crippen LogP contribution in [0, 0.1) is 0 Å². The number of rotatable bonds is 20. The molecule has 0 heterocycles. The van der Waals surface area contributed by atoms with Crippen LogP contribution >= 0.6 is 23.2 Å². The lowest BCUT2D eigenvalue weighted by atomic mass is 9.78. The van der Waals surface area contributed by atoms with Crippen LogP contribution in [0.15, 0.2) is 60.7 Å². The van der Waals surface area contributed by atoms with Gasteiger partial charge in [0.2, 0.25) is 0 Å². The maximum absolute atomic E-state index is 11.4. The van der Waals surface area contributed by atoms with E-state index in [4.69, 9.17) is 61.1 Å². The molecular formula is C35H46Cl2O10. The van der Waals surface area contributed by atoms with E-state index in [2.05, 4.69) is 27.0 Å². The van der Waals surface area contributed by atoms with Crippen LogP contribution in [0.2, 0.25) is 10.0 Å². The van der Waals surface area contributed by atoms with E-state index >= 15 is 0 Å². The molecule has 4 unspecified atom stereocenters. The van der Waals surface area contributed by atoms with Gasteiger partial charge in [-0.3, -0.25) is 0 Å². The Morgan fingerprint density at radius 1 is 0.660 bits per heavy atom. The molecule has 10 nitrogen and oxygen atoms in total. The summed E-state index contributed by atoms with van der Waals surface area (Å²) < 4.78 is 44.3. The number of halogens is 2. The van der Waals surface area contributed by atoms with Crippen molar-refractivity contribution in [3.05, 3.63) is 81.9 Å². The van der Waals surface area contributed by atoms with Gasteiger partial charge in [0.15, 0.2) is 25.2 Å². The number of carbonyl (C=O) groups excluding carboxylic acids is 2. The number of ether oxygens (including phenoxy) is 8. The van der Waals surface area contributed by atoms with Gasteiger partial charge in [0.25, 0.3) is 0 Å². The SMILES string of the molecule is C=C(C)C(=O)OCCOC(C)OC(C)Oc1ccc(C(C)(C)c2ccc(OC(C)OC(C)OCCOC(=O)C(=C)C)c(Cl)c2)cc1Cl. The van der Waals surface area contributed by atoms with Crippen molar-refractivity contribution in [2.24, 2.45) is 0 Å². The summed E-state index contributed by atoms with van der Waals surface area (Å²) in [6.45, 7) is 21.7. The molecule has 47 heavy (non-hydrogen) atoms. The molecule has 12 heteroatoms. The normalized spacial score (nSPS) is 14.0. The fourth-order valence-corrected chi connectivity index (χ4v) is 4.56. The van der Waals surface area contributed by atoms with Gasteiger partial charge >= 0.3 is 11.9 Å². The van der Waals surface area contributed by atoms with E-state index in [0.717, 1.165) is 11.1 Å². The Labute approximate surface area is 287 Å². The molecule has 0 amide bonds. The van der Waals surface area contributed by atoms with Gasteiger partial charge in [-0.15, -0.1) is 0 Å². The molecule has 0 aromatic heterocycles. The van der Waals surface area contributed by atoms with Crippen molar-refractivity contribution in [2.45, 2.75) is 86.0 Å². The number of hydrogen-bond acceptors (Lipinski definition) is 10. The van der Waals surface area contributed by atoms with Gasteiger partial charge < -0.3 is 37.9 Å². The highest BCUT2D eigenvalue weighted by molar-refractivity contribution is 6.32. The first kappa shape index (κ1) is 40.1. The van der Waals surface area contributed by atoms with Crippen molar-refractivity contribution in [1.29, 1.82) is 0 Å². The summed E-state index contributed by atoms with van der Waals surface area (Å²) in [7, 11) is 0. The Morgan fingerprint density at radius 2 is 1.02 bits per heavy atom. The van der Waals surface area contributed by atoms with Crippen LogP contribution in [0.4, 0.5) is 0 Å². The van der Waals surface area contributed by atoms with Gasteiger partial charge in [0.05, 0.1) is 23.3 Å². The zero-order valence-corrected chi connectivity index (χ0v) is 29.9. The summed E-state index contributed by atoms with van der Waals surface area (Å²) in [5.41, 5.74) is 2.04. The van der Waals surface area contributed by atoms with Gasteiger partial charge in [-0.1, -0.05) is 62.3 Å². The lowest BCUT2D eigenvalue weighted by Gasteiger charge is -2.28. The van der Waals surface area contributed by atoms with E-state index in [-0.39, 0.29) is 26.4 Å². The van der Waals surface area contributed by atoms with Crippen molar-refractivity contribution in [3.8, 4) is 11.5 Å². The number of benzene rings is 2. The van der Waals surface area contributed by atoms with Crippen molar-refractivity contribution < 1.29 is 47.5 Å². The molecule has 0 aliphatic heterocycles. The third-order valence-electron chi connectivity index (χ3n) is 6.69. The van der Waals surface area contributed by atoms with Crippen LogP contribution in [0.1, 0.15) is 66.5 Å². The molecule has 4 atom stereocenters. The summed E-state index contributed by atoms with van der Waals surface area (Å²) >= 11 is 13.2. The fourth-order valence-electron chi connectivity index (χ4n) is 4.11. The second-order valence-electron chi connectivity index (χ2n) is 11.3. The first-order chi connectivity index (χ1) is 22.0. The van der Waals surface area contributed by atoms with E-state index in [1.807, 2.05) is 24.3 Å². The van der Waals surface area contributed by atoms with Crippen LogP contribution in [-0.4, -0.2) is 63.5 Å². The van der Waals surface area contributed by atoms with Gasteiger partial charge in [0.1, 0.15) is 24.7 Å². The standard InChI is InChI=1S/C35H46Cl2O10/c1-21(2)33(38)42-17-15-40-23(5)44-25(7)46-31-13-11-27(19-29(31)36)35(9,10)28-12-14-32(30(37)20-28)47-26(8)45-24(6)41-16-18-43-34(39)22(3)4/h11-14,19-20,23-26H,1,3,15-18H2,2,4-10H3. The van der Waals surface area contributed by atoms with E-state index in [9.17, 15) is 9.59 Å². The molecule has 0 fully saturated rings.